The van der Waals surface area contributed by atoms with Crippen LogP contribution in [-0.2, 0) is 6.42 Å². The largest absolute Gasteiger partial charge is 0.493 e. The van der Waals surface area contributed by atoms with Gasteiger partial charge in [-0.25, -0.2) is 4.98 Å². The summed E-state index contributed by atoms with van der Waals surface area (Å²) in [5.41, 5.74) is 6.24. The van der Waals surface area contributed by atoms with Crippen molar-refractivity contribution in [2.45, 2.75) is 27.2 Å². The zero-order valence-corrected chi connectivity index (χ0v) is 20.8. The quantitative estimate of drug-likeness (QED) is 0.315. The van der Waals surface area contributed by atoms with E-state index in [2.05, 4.69) is 23.3 Å². The molecule has 0 radical (unpaired) electrons. The lowest BCUT2D eigenvalue weighted by Gasteiger charge is -2.17. The second-order valence-electron chi connectivity index (χ2n) is 8.43. The molecule has 0 fully saturated rings. The Morgan fingerprint density at radius 1 is 1.03 bits per heavy atom. The molecule has 0 aliphatic heterocycles. The molecule has 180 valence electrons. The summed E-state index contributed by atoms with van der Waals surface area (Å²) in [6.07, 6.45) is 2.57. The van der Waals surface area contributed by atoms with Gasteiger partial charge in [0, 0.05) is 23.5 Å². The number of carbonyl (C=O) groups is 1. The molecule has 0 saturated carbocycles. The van der Waals surface area contributed by atoms with Gasteiger partial charge in [0.2, 0.25) is 5.88 Å². The molecule has 0 saturated heterocycles. The van der Waals surface area contributed by atoms with Gasteiger partial charge in [-0.1, -0.05) is 48.9 Å². The number of methoxy groups -OCH3 is 1. The highest BCUT2D eigenvalue weighted by molar-refractivity contribution is 6.08. The molecule has 0 bridgehead atoms. The molecule has 4 aromatic rings. The Bertz CT molecular complexity index is 1450. The van der Waals surface area contributed by atoms with Gasteiger partial charge >= 0.3 is 0 Å². The van der Waals surface area contributed by atoms with E-state index in [1.165, 1.54) is 7.11 Å². The third-order valence-electron chi connectivity index (χ3n) is 5.99. The number of aryl methyl sites for hydroxylation is 2. The van der Waals surface area contributed by atoms with Crippen LogP contribution in [0.2, 0.25) is 0 Å². The molecule has 1 amide bonds. The van der Waals surface area contributed by atoms with Crippen molar-refractivity contribution >= 4 is 11.6 Å². The van der Waals surface area contributed by atoms with Gasteiger partial charge in [-0.15, -0.1) is 0 Å². The van der Waals surface area contributed by atoms with E-state index in [0.717, 1.165) is 34.2 Å². The molecule has 0 spiro atoms. The highest BCUT2D eigenvalue weighted by Gasteiger charge is 2.22. The van der Waals surface area contributed by atoms with E-state index >= 15 is 0 Å². The fraction of sp³-hybridized carbons (Fsp3) is 0.167. The first-order valence-corrected chi connectivity index (χ1v) is 11.7. The second-order valence-corrected chi connectivity index (χ2v) is 8.43. The standard InChI is InChI=1S/C30H27N3O3/c1-5-21-7-6-8-24(15-21)33-29(34)28-20(3)25(23-12-9-19(2)10-13-23)18-32-30(28)36-26-14-11-22(17-31)16-27(26)35-4/h6-16,18H,5H2,1-4H3,(H,33,34). The van der Waals surface area contributed by atoms with Crippen molar-refractivity contribution in [2.75, 3.05) is 12.4 Å². The first-order chi connectivity index (χ1) is 17.4. The Hall–Kier alpha value is -4.63. The van der Waals surface area contributed by atoms with Crippen molar-refractivity contribution in [1.29, 1.82) is 5.26 Å². The van der Waals surface area contributed by atoms with E-state index in [4.69, 9.17) is 9.47 Å². The molecule has 0 atom stereocenters. The molecule has 3 aromatic carbocycles. The van der Waals surface area contributed by atoms with Crippen LogP contribution in [0, 0.1) is 25.2 Å². The van der Waals surface area contributed by atoms with E-state index in [1.54, 1.807) is 24.4 Å². The van der Waals surface area contributed by atoms with Crippen LogP contribution in [0.1, 0.15) is 39.5 Å². The molecule has 0 aliphatic rings. The van der Waals surface area contributed by atoms with Crippen LogP contribution in [0.5, 0.6) is 17.4 Å². The number of nitrogens with one attached hydrogen (secondary N) is 1. The molecule has 0 unspecified atom stereocenters. The highest BCUT2D eigenvalue weighted by Crippen LogP contribution is 2.36. The van der Waals surface area contributed by atoms with Crippen LogP contribution in [0.25, 0.3) is 11.1 Å². The Kier molecular flexibility index (Phi) is 7.31. The molecule has 0 aliphatic carbocycles. The molecule has 1 aromatic heterocycles. The number of aromatic nitrogens is 1. The zero-order chi connectivity index (χ0) is 25.7. The maximum absolute atomic E-state index is 13.6. The minimum absolute atomic E-state index is 0.149. The van der Waals surface area contributed by atoms with Crippen molar-refractivity contribution in [3.63, 3.8) is 0 Å². The number of ether oxygens (including phenoxy) is 2. The van der Waals surface area contributed by atoms with Crippen LogP contribution in [0.4, 0.5) is 5.69 Å². The van der Waals surface area contributed by atoms with Crippen molar-refractivity contribution in [1.82, 2.24) is 4.98 Å². The first kappa shape index (κ1) is 24.5. The molecule has 1 N–H and O–H groups in total. The lowest BCUT2D eigenvalue weighted by atomic mass is 9.97. The van der Waals surface area contributed by atoms with Crippen LogP contribution in [0.15, 0.2) is 72.9 Å². The van der Waals surface area contributed by atoms with E-state index in [1.807, 2.05) is 62.4 Å². The lowest BCUT2D eigenvalue weighted by molar-refractivity contribution is 0.102. The number of amides is 1. The molecule has 36 heavy (non-hydrogen) atoms. The number of anilines is 1. The van der Waals surface area contributed by atoms with Gasteiger partial charge in [0.1, 0.15) is 5.56 Å². The number of benzene rings is 3. The molecular weight excluding hydrogens is 450 g/mol. The molecule has 6 heteroatoms. The van der Waals surface area contributed by atoms with Crippen LogP contribution < -0.4 is 14.8 Å². The number of pyridine rings is 1. The van der Waals surface area contributed by atoms with Gasteiger partial charge in [0.05, 0.1) is 18.7 Å². The zero-order valence-electron chi connectivity index (χ0n) is 20.8. The third kappa shape index (κ3) is 5.21. The topological polar surface area (TPSA) is 84.2 Å². The predicted octanol–water partition coefficient (Wildman–Crippen LogP) is 6.85. The van der Waals surface area contributed by atoms with E-state index in [0.29, 0.717) is 28.3 Å². The highest BCUT2D eigenvalue weighted by atomic mass is 16.5. The number of nitriles is 1. The van der Waals surface area contributed by atoms with Crippen molar-refractivity contribution in [3.05, 3.63) is 101 Å². The second kappa shape index (κ2) is 10.7. The fourth-order valence-electron chi connectivity index (χ4n) is 3.94. The molecular formula is C30H27N3O3. The Balaban J connectivity index is 1.80. The third-order valence-corrected chi connectivity index (χ3v) is 5.99. The Morgan fingerprint density at radius 3 is 2.50 bits per heavy atom. The van der Waals surface area contributed by atoms with Gasteiger partial charge in [-0.2, -0.15) is 5.26 Å². The summed E-state index contributed by atoms with van der Waals surface area (Å²) in [7, 11) is 1.50. The fourth-order valence-corrected chi connectivity index (χ4v) is 3.94. The Labute approximate surface area is 211 Å². The summed E-state index contributed by atoms with van der Waals surface area (Å²) < 4.78 is 11.5. The van der Waals surface area contributed by atoms with E-state index < -0.39 is 0 Å². The van der Waals surface area contributed by atoms with Crippen LogP contribution in [0.3, 0.4) is 0 Å². The van der Waals surface area contributed by atoms with Crippen molar-refractivity contribution in [2.24, 2.45) is 0 Å². The minimum Gasteiger partial charge on any atom is -0.493 e. The average molecular weight is 478 g/mol. The number of nitrogens with zero attached hydrogens (tertiary/aromatic N) is 2. The predicted molar refractivity (Wildman–Crippen MR) is 141 cm³/mol. The van der Waals surface area contributed by atoms with E-state index in [9.17, 15) is 10.1 Å². The van der Waals surface area contributed by atoms with Crippen molar-refractivity contribution < 1.29 is 14.3 Å². The first-order valence-electron chi connectivity index (χ1n) is 11.7. The summed E-state index contributed by atoms with van der Waals surface area (Å²) in [6, 6.07) is 22.7. The number of carbonyl (C=O) groups excluding carboxylic acids is 1. The molecule has 6 nitrogen and oxygen atoms in total. The summed E-state index contributed by atoms with van der Waals surface area (Å²) >= 11 is 0. The normalized spacial score (nSPS) is 10.4. The van der Waals surface area contributed by atoms with E-state index in [-0.39, 0.29) is 11.8 Å². The minimum atomic E-state index is -0.329. The maximum atomic E-state index is 13.6. The summed E-state index contributed by atoms with van der Waals surface area (Å²) in [5, 5.41) is 12.2. The summed E-state index contributed by atoms with van der Waals surface area (Å²) in [6.45, 7) is 5.98. The van der Waals surface area contributed by atoms with Crippen LogP contribution >= 0.6 is 0 Å². The summed E-state index contributed by atoms with van der Waals surface area (Å²) in [5.74, 6) is 0.548. The lowest BCUT2D eigenvalue weighted by Crippen LogP contribution is -2.16. The van der Waals surface area contributed by atoms with Gasteiger partial charge in [0.15, 0.2) is 11.5 Å². The van der Waals surface area contributed by atoms with Crippen molar-refractivity contribution in [3.8, 4) is 34.6 Å². The summed E-state index contributed by atoms with van der Waals surface area (Å²) in [4.78, 5) is 18.2. The Morgan fingerprint density at radius 2 is 1.81 bits per heavy atom. The average Bonchev–Trinajstić information content (AvgIpc) is 2.89. The monoisotopic (exact) mass is 477 g/mol. The maximum Gasteiger partial charge on any atom is 0.261 e. The molecule has 4 rings (SSSR count). The van der Waals surface area contributed by atoms with Gasteiger partial charge < -0.3 is 14.8 Å². The van der Waals surface area contributed by atoms with Gasteiger partial charge in [-0.05, 0) is 61.2 Å². The van der Waals surface area contributed by atoms with Crippen LogP contribution in [-0.4, -0.2) is 18.0 Å². The number of rotatable bonds is 7. The molecule has 1 heterocycles. The number of hydrogen-bond acceptors (Lipinski definition) is 5. The van der Waals surface area contributed by atoms with Gasteiger partial charge in [-0.3, -0.25) is 4.79 Å². The van der Waals surface area contributed by atoms with Gasteiger partial charge in [0.25, 0.3) is 5.91 Å². The SMILES string of the molecule is CCc1cccc(NC(=O)c2c(Oc3ccc(C#N)cc3OC)ncc(-c3ccc(C)cc3)c2C)c1. The smallest absolute Gasteiger partial charge is 0.261 e. The number of hydrogen-bond donors (Lipinski definition) is 1.